The Bertz CT molecular complexity index is 366. The Morgan fingerprint density at radius 1 is 1.62 bits per heavy atom. The highest BCUT2D eigenvalue weighted by Gasteiger charge is 2.27. The molecule has 3 N–H and O–H groups in total. The van der Waals surface area contributed by atoms with Crippen LogP contribution in [0.4, 0.5) is 0 Å². The van der Waals surface area contributed by atoms with Gasteiger partial charge < -0.3 is 15.6 Å². The van der Waals surface area contributed by atoms with Crippen LogP contribution in [0.15, 0.2) is 10.6 Å². The number of nitrogens with one attached hydrogen (secondary N) is 1. The van der Waals surface area contributed by atoms with Crippen molar-refractivity contribution in [3.63, 3.8) is 0 Å². The SMILES string of the molecule is Cc1cc(CNC(=O)C(N)C(C)(C)C)on1. The van der Waals surface area contributed by atoms with Crippen LogP contribution < -0.4 is 11.1 Å². The van der Waals surface area contributed by atoms with Crippen LogP contribution >= 0.6 is 0 Å². The molecule has 5 heteroatoms. The summed E-state index contributed by atoms with van der Waals surface area (Å²) >= 11 is 0. The number of nitrogens with two attached hydrogens (primary N) is 1. The van der Waals surface area contributed by atoms with E-state index in [9.17, 15) is 4.79 Å². The molecule has 1 aromatic heterocycles. The van der Waals surface area contributed by atoms with Crippen LogP contribution in [-0.2, 0) is 11.3 Å². The van der Waals surface area contributed by atoms with Crippen LogP contribution in [-0.4, -0.2) is 17.1 Å². The number of amides is 1. The lowest BCUT2D eigenvalue weighted by Crippen LogP contribution is -2.48. The molecule has 0 aliphatic rings. The lowest BCUT2D eigenvalue weighted by atomic mass is 9.87. The van der Waals surface area contributed by atoms with E-state index in [0.717, 1.165) is 5.69 Å². The van der Waals surface area contributed by atoms with Gasteiger partial charge in [-0.05, 0) is 12.3 Å². The number of rotatable bonds is 3. The minimum absolute atomic E-state index is 0.179. The van der Waals surface area contributed by atoms with Crippen molar-refractivity contribution in [2.24, 2.45) is 11.1 Å². The average molecular weight is 225 g/mol. The monoisotopic (exact) mass is 225 g/mol. The lowest BCUT2D eigenvalue weighted by molar-refractivity contribution is -0.124. The zero-order chi connectivity index (χ0) is 12.3. The van der Waals surface area contributed by atoms with E-state index >= 15 is 0 Å². The standard InChI is InChI=1S/C11H19N3O2/c1-7-5-8(16-14-7)6-13-10(15)9(12)11(2,3)4/h5,9H,6,12H2,1-4H3,(H,13,15). The van der Waals surface area contributed by atoms with Crippen molar-refractivity contribution in [2.45, 2.75) is 40.3 Å². The molecule has 1 atom stereocenters. The number of carbonyl (C=O) groups excluding carboxylic acids is 1. The Morgan fingerprint density at radius 3 is 2.69 bits per heavy atom. The molecule has 16 heavy (non-hydrogen) atoms. The zero-order valence-corrected chi connectivity index (χ0v) is 10.2. The fourth-order valence-electron chi connectivity index (χ4n) is 1.18. The Kier molecular flexibility index (Phi) is 3.70. The van der Waals surface area contributed by atoms with E-state index in [1.807, 2.05) is 27.7 Å². The maximum Gasteiger partial charge on any atom is 0.237 e. The van der Waals surface area contributed by atoms with Crippen molar-refractivity contribution in [3.05, 3.63) is 17.5 Å². The molecule has 0 fully saturated rings. The van der Waals surface area contributed by atoms with Gasteiger partial charge >= 0.3 is 0 Å². The number of carbonyl (C=O) groups is 1. The molecule has 1 aromatic rings. The van der Waals surface area contributed by atoms with Crippen molar-refractivity contribution in [2.75, 3.05) is 0 Å². The van der Waals surface area contributed by atoms with E-state index in [2.05, 4.69) is 10.5 Å². The third-order valence-electron chi connectivity index (χ3n) is 2.33. The largest absolute Gasteiger partial charge is 0.359 e. The predicted molar refractivity (Wildman–Crippen MR) is 60.5 cm³/mol. The number of aromatic nitrogens is 1. The van der Waals surface area contributed by atoms with Gasteiger partial charge in [0.2, 0.25) is 5.91 Å². The second-order valence-electron chi connectivity index (χ2n) is 5.00. The smallest absolute Gasteiger partial charge is 0.237 e. The zero-order valence-electron chi connectivity index (χ0n) is 10.2. The van der Waals surface area contributed by atoms with Crippen LogP contribution in [0.3, 0.4) is 0 Å². The molecule has 1 unspecified atom stereocenters. The summed E-state index contributed by atoms with van der Waals surface area (Å²) in [5.74, 6) is 0.452. The third-order valence-corrected chi connectivity index (χ3v) is 2.33. The highest BCUT2D eigenvalue weighted by atomic mass is 16.5. The number of nitrogens with zero attached hydrogens (tertiary/aromatic N) is 1. The number of aryl methyl sites for hydroxylation is 1. The van der Waals surface area contributed by atoms with Gasteiger partial charge in [-0.3, -0.25) is 4.79 Å². The summed E-state index contributed by atoms with van der Waals surface area (Å²) in [5.41, 5.74) is 6.35. The molecule has 0 radical (unpaired) electrons. The highest BCUT2D eigenvalue weighted by Crippen LogP contribution is 2.17. The Hall–Kier alpha value is -1.36. The van der Waals surface area contributed by atoms with E-state index in [4.69, 9.17) is 10.3 Å². The maximum atomic E-state index is 11.7. The molecule has 0 spiro atoms. The molecule has 0 aliphatic heterocycles. The Morgan fingerprint density at radius 2 is 2.25 bits per heavy atom. The third kappa shape index (κ3) is 3.34. The van der Waals surface area contributed by atoms with Gasteiger partial charge in [-0.2, -0.15) is 0 Å². The topological polar surface area (TPSA) is 81.2 Å². The molecule has 0 aromatic carbocycles. The fourth-order valence-corrected chi connectivity index (χ4v) is 1.18. The van der Waals surface area contributed by atoms with E-state index in [-0.39, 0.29) is 11.3 Å². The van der Waals surface area contributed by atoms with Crippen molar-refractivity contribution in [1.29, 1.82) is 0 Å². The first kappa shape index (κ1) is 12.7. The molecule has 0 aliphatic carbocycles. The van der Waals surface area contributed by atoms with Crippen LogP contribution in [0.1, 0.15) is 32.2 Å². The fraction of sp³-hybridized carbons (Fsp3) is 0.636. The summed E-state index contributed by atoms with van der Waals surface area (Å²) in [6, 6.07) is 1.25. The summed E-state index contributed by atoms with van der Waals surface area (Å²) in [6.45, 7) is 7.93. The van der Waals surface area contributed by atoms with E-state index < -0.39 is 6.04 Å². The molecule has 1 amide bonds. The molecule has 0 saturated carbocycles. The van der Waals surface area contributed by atoms with E-state index in [1.54, 1.807) is 6.07 Å². The van der Waals surface area contributed by atoms with Gasteiger partial charge in [0.05, 0.1) is 18.3 Å². The Balaban J connectivity index is 2.47. The number of hydrogen-bond donors (Lipinski definition) is 2. The molecule has 0 saturated heterocycles. The molecule has 90 valence electrons. The predicted octanol–water partition coefficient (Wildman–Crippen LogP) is 0.973. The first-order valence-electron chi connectivity index (χ1n) is 5.26. The molecule has 1 rings (SSSR count). The van der Waals surface area contributed by atoms with Crippen LogP contribution in [0.2, 0.25) is 0 Å². The summed E-state index contributed by atoms with van der Waals surface area (Å²) in [5, 5.41) is 6.45. The first-order chi connectivity index (χ1) is 7.30. The lowest BCUT2D eigenvalue weighted by Gasteiger charge is -2.25. The van der Waals surface area contributed by atoms with Crippen molar-refractivity contribution in [3.8, 4) is 0 Å². The quantitative estimate of drug-likeness (QED) is 0.803. The van der Waals surface area contributed by atoms with E-state index in [1.165, 1.54) is 0 Å². The average Bonchev–Trinajstić information content (AvgIpc) is 2.58. The van der Waals surface area contributed by atoms with Gasteiger partial charge in [0.15, 0.2) is 5.76 Å². The Labute approximate surface area is 95.4 Å². The van der Waals surface area contributed by atoms with Crippen LogP contribution in [0, 0.1) is 12.3 Å². The number of hydrogen-bond acceptors (Lipinski definition) is 4. The van der Waals surface area contributed by atoms with Gasteiger partial charge in [0, 0.05) is 6.07 Å². The van der Waals surface area contributed by atoms with Gasteiger partial charge in [-0.25, -0.2) is 0 Å². The molecule has 0 bridgehead atoms. The minimum atomic E-state index is -0.531. The molecular weight excluding hydrogens is 206 g/mol. The van der Waals surface area contributed by atoms with Crippen LogP contribution in [0.25, 0.3) is 0 Å². The van der Waals surface area contributed by atoms with Gasteiger partial charge in [-0.1, -0.05) is 25.9 Å². The summed E-state index contributed by atoms with van der Waals surface area (Å²) in [7, 11) is 0. The maximum absolute atomic E-state index is 11.7. The van der Waals surface area contributed by atoms with Crippen LogP contribution in [0.5, 0.6) is 0 Å². The summed E-state index contributed by atoms with van der Waals surface area (Å²) < 4.78 is 4.97. The van der Waals surface area contributed by atoms with Gasteiger partial charge in [-0.15, -0.1) is 0 Å². The van der Waals surface area contributed by atoms with Gasteiger partial charge in [0.1, 0.15) is 0 Å². The van der Waals surface area contributed by atoms with E-state index in [0.29, 0.717) is 12.3 Å². The molecule has 1 heterocycles. The molecular formula is C11H19N3O2. The summed E-state index contributed by atoms with van der Waals surface area (Å²) in [6.07, 6.45) is 0. The summed E-state index contributed by atoms with van der Waals surface area (Å²) in [4.78, 5) is 11.7. The van der Waals surface area contributed by atoms with Crippen molar-refractivity contribution < 1.29 is 9.32 Å². The van der Waals surface area contributed by atoms with Crippen molar-refractivity contribution >= 4 is 5.91 Å². The second-order valence-corrected chi connectivity index (χ2v) is 5.00. The van der Waals surface area contributed by atoms with Crippen molar-refractivity contribution in [1.82, 2.24) is 10.5 Å². The normalized spacial score (nSPS) is 13.6. The van der Waals surface area contributed by atoms with Gasteiger partial charge in [0.25, 0.3) is 0 Å². The second kappa shape index (κ2) is 4.65. The molecule has 5 nitrogen and oxygen atoms in total. The minimum Gasteiger partial charge on any atom is -0.359 e. The highest BCUT2D eigenvalue weighted by molar-refractivity contribution is 5.82. The first-order valence-corrected chi connectivity index (χ1v) is 5.26.